The van der Waals surface area contributed by atoms with Crippen molar-refractivity contribution in [3.05, 3.63) is 71.5 Å². The summed E-state index contributed by atoms with van der Waals surface area (Å²) in [5, 5.41) is 7.24. The number of aryl methyl sites for hydroxylation is 1. The molecular weight excluding hydrogens is 302 g/mol. The van der Waals surface area contributed by atoms with E-state index in [-0.39, 0.29) is 5.91 Å². The minimum Gasteiger partial charge on any atom is -0.495 e. The molecule has 0 atom stereocenters. The summed E-state index contributed by atoms with van der Waals surface area (Å²) >= 11 is 0. The van der Waals surface area contributed by atoms with Crippen molar-refractivity contribution in [2.24, 2.45) is 0 Å². The molecule has 1 amide bonds. The van der Waals surface area contributed by atoms with Gasteiger partial charge in [-0.3, -0.25) is 4.79 Å². The molecule has 0 saturated carbocycles. The normalized spacial score (nSPS) is 10.5. The predicted octanol–water partition coefficient (Wildman–Crippen LogP) is 3.75. The number of nitrogens with one attached hydrogen (secondary N) is 1. The summed E-state index contributed by atoms with van der Waals surface area (Å²) in [6, 6.07) is 15.4. The number of hydrogen-bond donors (Lipinski definition) is 1. The highest BCUT2D eigenvalue weighted by molar-refractivity contribution is 6.05. The number of nitrogens with zero attached hydrogens (tertiary/aromatic N) is 2. The average Bonchev–Trinajstić information content (AvgIpc) is 2.97. The molecule has 0 bridgehead atoms. The second-order valence-corrected chi connectivity index (χ2v) is 5.55. The SMILES string of the molecule is COc1ccc(C)cc1NC(=O)c1cnn(-c2ccccc2)c1C. The van der Waals surface area contributed by atoms with Crippen molar-refractivity contribution in [1.29, 1.82) is 0 Å². The van der Waals surface area contributed by atoms with Crippen LogP contribution < -0.4 is 10.1 Å². The van der Waals surface area contributed by atoms with E-state index in [4.69, 9.17) is 4.74 Å². The largest absolute Gasteiger partial charge is 0.495 e. The third-order valence-electron chi connectivity index (χ3n) is 3.86. The highest BCUT2D eigenvalue weighted by atomic mass is 16.5. The highest BCUT2D eigenvalue weighted by Gasteiger charge is 2.16. The van der Waals surface area contributed by atoms with Crippen LogP contribution in [0.1, 0.15) is 21.6 Å². The van der Waals surface area contributed by atoms with Gasteiger partial charge >= 0.3 is 0 Å². The molecule has 1 heterocycles. The average molecular weight is 321 g/mol. The van der Waals surface area contributed by atoms with E-state index in [1.807, 2.05) is 62.4 Å². The summed E-state index contributed by atoms with van der Waals surface area (Å²) in [6.45, 7) is 3.84. The molecule has 0 aliphatic carbocycles. The van der Waals surface area contributed by atoms with E-state index in [1.54, 1.807) is 18.0 Å². The van der Waals surface area contributed by atoms with Gasteiger partial charge in [-0.15, -0.1) is 0 Å². The van der Waals surface area contributed by atoms with Crippen LogP contribution in [0.3, 0.4) is 0 Å². The van der Waals surface area contributed by atoms with Gasteiger partial charge in [0, 0.05) is 0 Å². The summed E-state index contributed by atoms with van der Waals surface area (Å²) in [7, 11) is 1.58. The summed E-state index contributed by atoms with van der Waals surface area (Å²) in [5.41, 5.74) is 3.92. The zero-order chi connectivity index (χ0) is 17.1. The van der Waals surface area contributed by atoms with Gasteiger partial charge < -0.3 is 10.1 Å². The highest BCUT2D eigenvalue weighted by Crippen LogP contribution is 2.26. The first-order valence-electron chi connectivity index (χ1n) is 7.66. The van der Waals surface area contributed by atoms with E-state index < -0.39 is 0 Å². The Bertz CT molecular complexity index is 870. The maximum absolute atomic E-state index is 12.6. The van der Waals surface area contributed by atoms with Gasteiger partial charge in [0.1, 0.15) is 5.75 Å². The van der Waals surface area contributed by atoms with E-state index in [0.717, 1.165) is 16.9 Å². The van der Waals surface area contributed by atoms with Gasteiger partial charge in [-0.05, 0) is 43.7 Å². The number of hydrogen-bond acceptors (Lipinski definition) is 3. The van der Waals surface area contributed by atoms with E-state index in [9.17, 15) is 4.79 Å². The molecule has 0 unspecified atom stereocenters. The standard InChI is InChI=1S/C19H19N3O2/c1-13-9-10-18(24-3)17(11-13)21-19(23)16-12-20-22(14(16)2)15-7-5-4-6-8-15/h4-12H,1-3H3,(H,21,23). The predicted molar refractivity (Wildman–Crippen MR) is 94.0 cm³/mol. The topological polar surface area (TPSA) is 56.1 Å². The first-order chi connectivity index (χ1) is 11.6. The first kappa shape index (κ1) is 15.8. The monoisotopic (exact) mass is 321 g/mol. The number of para-hydroxylation sites is 1. The van der Waals surface area contributed by atoms with Gasteiger partial charge in [-0.2, -0.15) is 5.10 Å². The lowest BCUT2D eigenvalue weighted by atomic mass is 10.2. The van der Waals surface area contributed by atoms with E-state index in [2.05, 4.69) is 10.4 Å². The molecule has 0 fully saturated rings. The molecule has 0 radical (unpaired) electrons. The molecule has 2 aromatic carbocycles. The molecule has 0 saturated heterocycles. The van der Waals surface area contributed by atoms with Crippen molar-refractivity contribution in [2.75, 3.05) is 12.4 Å². The van der Waals surface area contributed by atoms with Crippen molar-refractivity contribution in [3.8, 4) is 11.4 Å². The quantitative estimate of drug-likeness (QED) is 0.796. The third kappa shape index (κ3) is 3.01. The van der Waals surface area contributed by atoms with Gasteiger partial charge in [0.15, 0.2) is 0 Å². The molecule has 1 N–H and O–H groups in total. The molecule has 122 valence electrons. The maximum atomic E-state index is 12.6. The summed E-state index contributed by atoms with van der Waals surface area (Å²) in [5.74, 6) is 0.417. The number of anilines is 1. The first-order valence-corrected chi connectivity index (χ1v) is 7.66. The van der Waals surface area contributed by atoms with Crippen LogP contribution >= 0.6 is 0 Å². The second kappa shape index (κ2) is 6.58. The number of carbonyl (C=O) groups is 1. The van der Waals surface area contributed by atoms with Crippen molar-refractivity contribution in [3.63, 3.8) is 0 Å². The van der Waals surface area contributed by atoms with E-state index >= 15 is 0 Å². The van der Waals surface area contributed by atoms with Crippen LogP contribution in [0.5, 0.6) is 5.75 Å². The van der Waals surface area contributed by atoms with Crippen molar-refractivity contribution in [2.45, 2.75) is 13.8 Å². The molecule has 0 aliphatic heterocycles. The summed E-state index contributed by atoms with van der Waals surface area (Å²) in [6.07, 6.45) is 1.58. The minimum absolute atomic E-state index is 0.210. The maximum Gasteiger partial charge on any atom is 0.259 e. The van der Waals surface area contributed by atoms with Crippen LogP contribution in [0.4, 0.5) is 5.69 Å². The van der Waals surface area contributed by atoms with Crippen molar-refractivity contribution >= 4 is 11.6 Å². The molecule has 0 aliphatic rings. The summed E-state index contributed by atoms with van der Waals surface area (Å²) in [4.78, 5) is 12.6. The molecule has 5 nitrogen and oxygen atoms in total. The Morgan fingerprint density at radius 1 is 1.12 bits per heavy atom. The lowest BCUT2D eigenvalue weighted by molar-refractivity contribution is 0.102. The van der Waals surface area contributed by atoms with Gasteiger partial charge in [-0.25, -0.2) is 4.68 Å². The van der Waals surface area contributed by atoms with Crippen LogP contribution in [0.15, 0.2) is 54.7 Å². The van der Waals surface area contributed by atoms with Crippen LogP contribution in [-0.4, -0.2) is 22.8 Å². The van der Waals surface area contributed by atoms with Gasteiger partial charge in [0.05, 0.1) is 35.9 Å². The Kier molecular flexibility index (Phi) is 4.33. The van der Waals surface area contributed by atoms with Crippen molar-refractivity contribution in [1.82, 2.24) is 9.78 Å². The minimum atomic E-state index is -0.210. The number of carbonyl (C=O) groups excluding carboxylic acids is 1. The molecule has 3 rings (SSSR count). The van der Waals surface area contributed by atoms with Crippen molar-refractivity contribution < 1.29 is 9.53 Å². The fraction of sp³-hybridized carbons (Fsp3) is 0.158. The zero-order valence-electron chi connectivity index (χ0n) is 13.9. The van der Waals surface area contributed by atoms with Gasteiger partial charge in [0.25, 0.3) is 5.91 Å². The molecule has 3 aromatic rings. The van der Waals surface area contributed by atoms with Crippen LogP contribution in [-0.2, 0) is 0 Å². The van der Waals surface area contributed by atoms with Gasteiger partial charge in [-0.1, -0.05) is 24.3 Å². The number of amides is 1. The number of rotatable bonds is 4. The molecule has 0 spiro atoms. The van der Waals surface area contributed by atoms with Crippen LogP contribution in [0.25, 0.3) is 5.69 Å². The number of aromatic nitrogens is 2. The number of benzene rings is 2. The third-order valence-corrected chi connectivity index (χ3v) is 3.86. The number of ether oxygens (including phenoxy) is 1. The Morgan fingerprint density at radius 2 is 1.88 bits per heavy atom. The lowest BCUT2D eigenvalue weighted by Gasteiger charge is -2.11. The fourth-order valence-corrected chi connectivity index (χ4v) is 2.57. The smallest absolute Gasteiger partial charge is 0.259 e. The molecule has 24 heavy (non-hydrogen) atoms. The Balaban J connectivity index is 1.89. The Morgan fingerprint density at radius 3 is 2.58 bits per heavy atom. The van der Waals surface area contributed by atoms with Gasteiger partial charge in [0.2, 0.25) is 0 Å². The Hall–Kier alpha value is -3.08. The van der Waals surface area contributed by atoms with Crippen LogP contribution in [0, 0.1) is 13.8 Å². The Labute approximate surface area is 140 Å². The lowest BCUT2D eigenvalue weighted by Crippen LogP contribution is -2.14. The molecular formula is C19H19N3O2. The van der Waals surface area contributed by atoms with E-state index in [1.165, 1.54) is 0 Å². The molecule has 5 heteroatoms. The fourth-order valence-electron chi connectivity index (χ4n) is 2.57. The summed E-state index contributed by atoms with van der Waals surface area (Å²) < 4.78 is 7.06. The molecule has 1 aromatic heterocycles. The van der Waals surface area contributed by atoms with E-state index in [0.29, 0.717) is 17.0 Å². The van der Waals surface area contributed by atoms with Crippen LogP contribution in [0.2, 0.25) is 0 Å². The second-order valence-electron chi connectivity index (χ2n) is 5.55. The number of methoxy groups -OCH3 is 1. The zero-order valence-corrected chi connectivity index (χ0v) is 13.9.